The summed E-state index contributed by atoms with van der Waals surface area (Å²) in [5, 5.41) is 0. The third kappa shape index (κ3) is 2.74. The summed E-state index contributed by atoms with van der Waals surface area (Å²) in [7, 11) is 2.76. The average Bonchev–Trinajstić information content (AvgIpc) is 2.87. The van der Waals surface area contributed by atoms with Gasteiger partial charge in [0.05, 0.1) is 14.2 Å². The number of hydrogen-bond donors (Lipinski definition) is 0. The second-order valence-electron chi connectivity index (χ2n) is 6.49. The van der Waals surface area contributed by atoms with Crippen LogP contribution in [0.15, 0.2) is 30.3 Å². The Bertz CT molecular complexity index is 558. The normalized spacial score (nSPS) is 29.1. The van der Waals surface area contributed by atoms with Crippen LogP contribution in [0.25, 0.3) is 0 Å². The summed E-state index contributed by atoms with van der Waals surface area (Å²) in [5.74, 6) is -0.652. The molecule has 0 radical (unpaired) electrons. The van der Waals surface area contributed by atoms with Crippen LogP contribution in [0, 0.1) is 0 Å². The molecule has 1 aliphatic rings. The van der Waals surface area contributed by atoms with Gasteiger partial charge in [-0.05, 0) is 39.2 Å². The van der Waals surface area contributed by atoms with E-state index >= 15 is 0 Å². The molecule has 0 amide bonds. The van der Waals surface area contributed by atoms with Gasteiger partial charge in [-0.25, -0.2) is 0 Å². The molecule has 2 unspecified atom stereocenters. The molecular formula is C18H25NO4. The highest BCUT2D eigenvalue weighted by molar-refractivity contribution is 5.86. The first-order chi connectivity index (χ1) is 10.8. The predicted octanol–water partition coefficient (Wildman–Crippen LogP) is 2.71. The summed E-state index contributed by atoms with van der Waals surface area (Å²) in [5.41, 5.74) is -0.695. The number of methoxy groups -OCH3 is 2. The Morgan fingerprint density at radius 1 is 1.00 bits per heavy atom. The summed E-state index contributed by atoms with van der Waals surface area (Å²) in [6.45, 7) is 5.68. The molecule has 1 aromatic rings. The number of rotatable bonds is 4. The van der Waals surface area contributed by atoms with Gasteiger partial charge in [-0.2, -0.15) is 0 Å². The summed E-state index contributed by atoms with van der Waals surface area (Å²) in [6, 6.07) is 9.71. The SMILES string of the molecule is COC(=O)C1(C)CCC(C)(C(=O)OC)N1[C@@H](C)c1ccccc1. The summed E-state index contributed by atoms with van der Waals surface area (Å²) in [4.78, 5) is 26.9. The number of likely N-dealkylation sites (tertiary alicyclic amines) is 1. The molecule has 1 aliphatic heterocycles. The Morgan fingerprint density at radius 2 is 1.43 bits per heavy atom. The smallest absolute Gasteiger partial charge is 0.326 e. The van der Waals surface area contributed by atoms with Gasteiger partial charge >= 0.3 is 11.9 Å². The van der Waals surface area contributed by atoms with E-state index in [2.05, 4.69) is 0 Å². The van der Waals surface area contributed by atoms with Crippen molar-refractivity contribution < 1.29 is 19.1 Å². The highest BCUT2D eigenvalue weighted by Crippen LogP contribution is 2.47. The fraction of sp³-hybridized carbons (Fsp3) is 0.556. The monoisotopic (exact) mass is 319 g/mol. The van der Waals surface area contributed by atoms with E-state index < -0.39 is 11.1 Å². The van der Waals surface area contributed by atoms with Crippen LogP contribution in [0.4, 0.5) is 0 Å². The number of esters is 2. The van der Waals surface area contributed by atoms with Gasteiger partial charge in [-0.15, -0.1) is 0 Å². The van der Waals surface area contributed by atoms with Gasteiger partial charge < -0.3 is 9.47 Å². The van der Waals surface area contributed by atoms with Crippen molar-refractivity contribution in [2.24, 2.45) is 0 Å². The van der Waals surface area contributed by atoms with E-state index in [1.54, 1.807) is 0 Å². The maximum atomic E-state index is 12.5. The summed E-state index contributed by atoms with van der Waals surface area (Å²) in [6.07, 6.45) is 1.09. The fourth-order valence-electron chi connectivity index (χ4n) is 3.85. The fourth-order valence-corrected chi connectivity index (χ4v) is 3.85. The van der Waals surface area contributed by atoms with Crippen LogP contribution in [-0.2, 0) is 19.1 Å². The second kappa shape index (κ2) is 6.32. The minimum absolute atomic E-state index is 0.133. The Kier molecular flexibility index (Phi) is 4.80. The molecule has 1 fully saturated rings. The van der Waals surface area contributed by atoms with Crippen molar-refractivity contribution in [1.82, 2.24) is 4.90 Å². The van der Waals surface area contributed by atoms with E-state index in [4.69, 9.17) is 9.47 Å². The molecule has 1 aromatic carbocycles. The van der Waals surface area contributed by atoms with Crippen molar-refractivity contribution in [3.63, 3.8) is 0 Å². The van der Waals surface area contributed by atoms with Crippen molar-refractivity contribution in [2.45, 2.75) is 50.7 Å². The third-order valence-corrected chi connectivity index (χ3v) is 5.08. The quantitative estimate of drug-likeness (QED) is 0.799. The van der Waals surface area contributed by atoms with Crippen LogP contribution >= 0.6 is 0 Å². The molecule has 0 bridgehead atoms. The largest absolute Gasteiger partial charge is 0.468 e. The molecule has 0 aromatic heterocycles. The zero-order chi connectivity index (χ0) is 17.3. The topological polar surface area (TPSA) is 55.8 Å². The van der Waals surface area contributed by atoms with Crippen LogP contribution in [0.2, 0.25) is 0 Å². The highest BCUT2D eigenvalue weighted by Gasteiger charge is 2.60. The standard InChI is InChI=1S/C18H25NO4/c1-13(14-9-7-6-8-10-14)19-17(2,15(20)22-4)11-12-18(19,3)16(21)23-5/h6-10,13H,11-12H2,1-5H3/t13-,17?,18?/m0/s1. The Balaban J connectivity index is 2.52. The van der Waals surface area contributed by atoms with Gasteiger partial charge in [0, 0.05) is 6.04 Å². The Hall–Kier alpha value is -1.88. The molecule has 126 valence electrons. The molecule has 0 saturated carbocycles. The minimum atomic E-state index is -0.868. The zero-order valence-corrected chi connectivity index (χ0v) is 14.5. The van der Waals surface area contributed by atoms with Gasteiger partial charge in [-0.1, -0.05) is 30.3 Å². The van der Waals surface area contributed by atoms with Gasteiger partial charge in [0.15, 0.2) is 0 Å². The molecule has 0 N–H and O–H groups in total. The molecule has 2 rings (SSSR count). The van der Waals surface area contributed by atoms with Crippen LogP contribution in [0.1, 0.15) is 45.2 Å². The van der Waals surface area contributed by atoms with Crippen LogP contribution < -0.4 is 0 Å². The lowest BCUT2D eigenvalue weighted by Crippen LogP contribution is -2.59. The van der Waals surface area contributed by atoms with E-state index in [1.807, 2.05) is 56.0 Å². The van der Waals surface area contributed by atoms with Crippen molar-refractivity contribution in [3.05, 3.63) is 35.9 Å². The third-order valence-electron chi connectivity index (χ3n) is 5.08. The van der Waals surface area contributed by atoms with Crippen LogP contribution in [-0.4, -0.2) is 42.1 Å². The van der Waals surface area contributed by atoms with E-state index in [-0.39, 0.29) is 18.0 Å². The molecule has 1 saturated heterocycles. The number of ether oxygens (including phenoxy) is 2. The second-order valence-corrected chi connectivity index (χ2v) is 6.49. The number of benzene rings is 1. The molecule has 5 nitrogen and oxygen atoms in total. The zero-order valence-electron chi connectivity index (χ0n) is 14.5. The molecule has 3 atom stereocenters. The molecule has 1 heterocycles. The van der Waals surface area contributed by atoms with E-state index in [9.17, 15) is 9.59 Å². The number of hydrogen-bond acceptors (Lipinski definition) is 5. The summed E-state index contributed by atoms with van der Waals surface area (Å²) < 4.78 is 10.1. The lowest BCUT2D eigenvalue weighted by Gasteiger charge is -2.44. The first-order valence-electron chi connectivity index (χ1n) is 7.82. The number of carbonyl (C=O) groups excluding carboxylic acids is 2. The molecule has 5 heteroatoms. The lowest BCUT2D eigenvalue weighted by molar-refractivity contribution is -0.165. The van der Waals surface area contributed by atoms with Crippen molar-refractivity contribution in [2.75, 3.05) is 14.2 Å². The molecule has 0 spiro atoms. The highest BCUT2D eigenvalue weighted by atomic mass is 16.5. The molecule has 23 heavy (non-hydrogen) atoms. The number of nitrogens with zero attached hydrogens (tertiary/aromatic N) is 1. The first kappa shape index (κ1) is 17.5. The lowest BCUT2D eigenvalue weighted by atomic mass is 9.94. The van der Waals surface area contributed by atoms with Crippen molar-refractivity contribution >= 4 is 11.9 Å². The van der Waals surface area contributed by atoms with E-state index in [0.717, 1.165) is 5.56 Å². The predicted molar refractivity (Wildman–Crippen MR) is 86.8 cm³/mol. The van der Waals surface area contributed by atoms with Gasteiger partial charge in [0.25, 0.3) is 0 Å². The Labute approximate surface area is 137 Å². The van der Waals surface area contributed by atoms with E-state index in [0.29, 0.717) is 12.8 Å². The van der Waals surface area contributed by atoms with Gasteiger partial charge in [-0.3, -0.25) is 14.5 Å². The maximum absolute atomic E-state index is 12.5. The van der Waals surface area contributed by atoms with Gasteiger partial charge in [0.2, 0.25) is 0 Å². The van der Waals surface area contributed by atoms with E-state index in [1.165, 1.54) is 14.2 Å². The molecule has 0 aliphatic carbocycles. The average molecular weight is 319 g/mol. The molecular weight excluding hydrogens is 294 g/mol. The minimum Gasteiger partial charge on any atom is -0.468 e. The first-order valence-corrected chi connectivity index (χ1v) is 7.82. The van der Waals surface area contributed by atoms with Gasteiger partial charge in [0.1, 0.15) is 11.1 Å². The maximum Gasteiger partial charge on any atom is 0.326 e. The van der Waals surface area contributed by atoms with Crippen molar-refractivity contribution in [3.8, 4) is 0 Å². The summed E-state index contributed by atoms with van der Waals surface area (Å²) >= 11 is 0. The Morgan fingerprint density at radius 3 is 1.83 bits per heavy atom. The number of carbonyl (C=O) groups is 2. The van der Waals surface area contributed by atoms with Crippen LogP contribution in [0.5, 0.6) is 0 Å². The van der Waals surface area contributed by atoms with Crippen molar-refractivity contribution in [1.29, 1.82) is 0 Å². The van der Waals surface area contributed by atoms with Crippen LogP contribution in [0.3, 0.4) is 0 Å².